The Morgan fingerprint density at radius 3 is 2.50 bits per heavy atom. The van der Waals surface area contributed by atoms with Gasteiger partial charge in [-0.05, 0) is 37.3 Å². The molecule has 22 heavy (non-hydrogen) atoms. The van der Waals surface area contributed by atoms with Crippen LogP contribution >= 0.6 is 0 Å². The SMILES string of the molecule is COc1ccc2[nH]nc(OS(=O)(=O)c3ccc(C)cc3)c2c1. The van der Waals surface area contributed by atoms with E-state index >= 15 is 0 Å². The van der Waals surface area contributed by atoms with Crippen molar-refractivity contribution in [2.75, 3.05) is 7.11 Å². The maximum Gasteiger partial charge on any atom is 0.340 e. The molecule has 0 radical (unpaired) electrons. The smallest absolute Gasteiger partial charge is 0.340 e. The van der Waals surface area contributed by atoms with Gasteiger partial charge in [-0.25, -0.2) is 0 Å². The molecule has 0 saturated heterocycles. The van der Waals surface area contributed by atoms with Gasteiger partial charge in [-0.15, -0.1) is 5.10 Å². The predicted molar refractivity (Wildman–Crippen MR) is 81.6 cm³/mol. The monoisotopic (exact) mass is 318 g/mol. The van der Waals surface area contributed by atoms with Crippen LogP contribution in [0.4, 0.5) is 0 Å². The Morgan fingerprint density at radius 1 is 1.09 bits per heavy atom. The fourth-order valence-electron chi connectivity index (χ4n) is 2.02. The average Bonchev–Trinajstić information content (AvgIpc) is 2.89. The minimum absolute atomic E-state index is 0.00512. The highest BCUT2D eigenvalue weighted by Crippen LogP contribution is 2.28. The Kier molecular flexibility index (Phi) is 3.50. The van der Waals surface area contributed by atoms with E-state index in [1.54, 1.807) is 30.3 Å². The number of nitrogens with zero attached hydrogens (tertiary/aromatic N) is 1. The summed E-state index contributed by atoms with van der Waals surface area (Å²) in [5.41, 5.74) is 1.63. The first-order valence-electron chi connectivity index (χ1n) is 6.53. The van der Waals surface area contributed by atoms with E-state index in [1.165, 1.54) is 19.2 Å². The van der Waals surface area contributed by atoms with Crippen LogP contribution in [0.25, 0.3) is 10.9 Å². The molecular formula is C15H14N2O4S. The molecule has 7 heteroatoms. The molecule has 0 unspecified atom stereocenters. The molecule has 0 amide bonds. The number of nitrogens with one attached hydrogen (secondary N) is 1. The highest BCUT2D eigenvalue weighted by molar-refractivity contribution is 7.87. The summed E-state index contributed by atoms with van der Waals surface area (Å²) in [7, 11) is -2.40. The number of benzene rings is 2. The third-order valence-electron chi connectivity index (χ3n) is 3.23. The van der Waals surface area contributed by atoms with E-state index in [2.05, 4.69) is 10.2 Å². The molecule has 3 aromatic rings. The summed E-state index contributed by atoms with van der Waals surface area (Å²) in [6.07, 6.45) is 0. The first kappa shape index (κ1) is 14.4. The van der Waals surface area contributed by atoms with E-state index in [4.69, 9.17) is 8.92 Å². The lowest BCUT2D eigenvalue weighted by Crippen LogP contribution is -2.10. The van der Waals surface area contributed by atoms with Gasteiger partial charge in [0.1, 0.15) is 10.6 Å². The van der Waals surface area contributed by atoms with Crippen LogP contribution in [-0.2, 0) is 10.1 Å². The van der Waals surface area contributed by atoms with E-state index in [9.17, 15) is 8.42 Å². The summed E-state index contributed by atoms with van der Waals surface area (Å²) in [6.45, 7) is 1.88. The van der Waals surface area contributed by atoms with Crippen molar-refractivity contribution in [3.05, 3.63) is 48.0 Å². The summed E-state index contributed by atoms with van der Waals surface area (Å²) < 4.78 is 34.9. The van der Waals surface area contributed by atoms with Gasteiger partial charge in [0.2, 0.25) is 0 Å². The van der Waals surface area contributed by atoms with Gasteiger partial charge in [0, 0.05) is 0 Å². The summed E-state index contributed by atoms with van der Waals surface area (Å²) in [5.74, 6) is 0.584. The lowest BCUT2D eigenvalue weighted by molar-refractivity contribution is 0.415. The number of aromatic nitrogens is 2. The zero-order valence-electron chi connectivity index (χ0n) is 12.0. The van der Waals surface area contributed by atoms with Gasteiger partial charge >= 0.3 is 10.1 Å². The Hall–Kier alpha value is -2.54. The molecule has 0 aliphatic carbocycles. The molecule has 0 aliphatic rings. The van der Waals surface area contributed by atoms with Gasteiger partial charge < -0.3 is 8.92 Å². The van der Waals surface area contributed by atoms with Gasteiger partial charge in [0.05, 0.1) is 18.0 Å². The van der Waals surface area contributed by atoms with Gasteiger partial charge in [-0.1, -0.05) is 17.7 Å². The minimum atomic E-state index is -3.93. The maximum atomic E-state index is 12.3. The second kappa shape index (κ2) is 5.34. The quantitative estimate of drug-likeness (QED) is 0.748. The van der Waals surface area contributed by atoms with Crippen LogP contribution < -0.4 is 8.92 Å². The second-order valence-corrected chi connectivity index (χ2v) is 6.34. The number of fused-ring (bicyclic) bond motifs is 1. The number of aromatic amines is 1. The predicted octanol–water partition coefficient (Wildman–Crippen LogP) is 2.65. The average molecular weight is 318 g/mol. The van der Waals surface area contributed by atoms with Crippen molar-refractivity contribution < 1.29 is 17.3 Å². The third-order valence-corrected chi connectivity index (χ3v) is 4.46. The number of hydrogen-bond acceptors (Lipinski definition) is 5. The van der Waals surface area contributed by atoms with E-state index in [-0.39, 0.29) is 10.8 Å². The van der Waals surface area contributed by atoms with E-state index < -0.39 is 10.1 Å². The highest BCUT2D eigenvalue weighted by Gasteiger charge is 2.20. The largest absolute Gasteiger partial charge is 0.497 e. The van der Waals surface area contributed by atoms with E-state index in [1.807, 2.05) is 6.92 Å². The molecule has 114 valence electrons. The third kappa shape index (κ3) is 2.62. The normalized spacial score (nSPS) is 11.5. The van der Waals surface area contributed by atoms with Crippen LogP contribution in [0.5, 0.6) is 11.6 Å². The zero-order chi connectivity index (χ0) is 15.7. The van der Waals surface area contributed by atoms with Gasteiger partial charge in [-0.3, -0.25) is 5.10 Å². The molecule has 3 rings (SSSR count). The lowest BCUT2D eigenvalue weighted by atomic mass is 10.2. The molecule has 0 saturated carbocycles. The lowest BCUT2D eigenvalue weighted by Gasteiger charge is -2.05. The number of methoxy groups -OCH3 is 1. The number of aryl methyl sites for hydroxylation is 1. The maximum absolute atomic E-state index is 12.3. The molecule has 1 heterocycles. The van der Waals surface area contributed by atoms with Crippen molar-refractivity contribution in [3.63, 3.8) is 0 Å². The second-order valence-electron chi connectivity index (χ2n) is 4.79. The van der Waals surface area contributed by atoms with Crippen molar-refractivity contribution in [2.45, 2.75) is 11.8 Å². The molecular weight excluding hydrogens is 304 g/mol. The van der Waals surface area contributed by atoms with Crippen LogP contribution in [0, 0.1) is 6.92 Å². The topological polar surface area (TPSA) is 81.3 Å². The van der Waals surface area contributed by atoms with E-state index in [0.29, 0.717) is 16.7 Å². The fourth-order valence-corrected chi connectivity index (χ4v) is 2.92. The molecule has 1 aromatic heterocycles. The minimum Gasteiger partial charge on any atom is -0.497 e. The number of rotatable bonds is 4. The molecule has 1 N–H and O–H groups in total. The first-order chi connectivity index (χ1) is 10.5. The number of ether oxygens (including phenoxy) is 1. The van der Waals surface area contributed by atoms with Gasteiger partial charge in [0.25, 0.3) is 5.88 Å². The first-order valence-corrected chi connectivity index (χ1v) is 7.94. The van der Waals surface area contributed by atoms with Gasteiger partial charge in [-0.2, -0.15) is 8.42 Å². The Balaban J connectivity index is 2.00. The number of hydrogen-bond donors (Lipinski definition) is 1. The molecule has 0 bridgehead atoms. The van der Waals surface area contributed by atoms with Crippen LogP contribution in [0.15, 0.2) is 47.4 Å². The van der Waals surface area contributed by atoms with Crippen molar-refractivity contribution in [3.8, 4) is 11.6 Å². The molecule has 0 atom stereocenters. The summed E-state index contributed by atoms with van der Waals surface area (Å²) in [5, 5.41) is 7.18. The summed E-state index contributed by atoms with van der Waals surface area (Å²) in [4.78, 5) is 0.0807. The molecule has 0 fully saturated rings. The van der Waals surface area contributed by atoms with Crippen molar-refractivity contribution in [1.29, 1.82) is 0 Å². The molecule has 6 nitrogen and oxygen atoms in total. The van der Waals surface area contributed by atoms with Gasteiger partial charge in [0.15, 0.2) is 0 Å². The van der Waals surface area contributed by atoms with Crippen molar-refractivity contribution >= 4 is 21.0 Å². The molecule has 2 aromatic carbocycles. The van der Waals surface area contributed by atoms with Crippen molar-refractivity contribution in [2.24, 2.45) is 0 Å². The van der Waals surface area contributed by atoms with Crippen LogP contribution in [0.1, 0.15) is 5.56 Å². The Morgan fingerprint density at radius 2 is 1.82 bits per heavy atom. The highest BCUT2D eigenvalue weighted by atomic mass is 32.2. The van der Waals surface area contributed by atoms with Crippen LogP contribution in [0.2, 0.25) is 0 Å². The molecule has 0 spiro atoms. The number of H-pyrrole nitrogens is 1. The standard InChI is InChI=1S/C15H14N2O4S/c1-10-3-6-12(7-4-10)22(18,19)21-15-13-9-11(20-2)5-8-14(13)16-17-15/h3-9H,1-2H3,(H,16,17). The molecule has 0 aliphatic heterocycles. The summed E-state index contributed by atoms with van der Waals surface area (Å²) in [6, 6.07) is 11.6. The zero-order valence-corrected chi connectivity index (χ0v) is 12.8. The Bertz CT molecular complexity index is 914. The van der Waals surface area contributed by atoms with E-state index in [0.717, 1.165) is 5.56 Å². The summed E-state index contributed by atoms with van der Waals surface area (Å²) >= 11 is 0. The van der Waals surface area contributed by atoms with Crippen molar-refractivity contribution in [1.82, 2.24) is 10.2 Å². The Labute approximate surface area is 127 Å². The van der Waals surface area contributed by atoms with Crippen LogP contribution in [-0.4, -0.2) is 25.7 Å². The van der Waals surface area contributed by atoms with Crippen LogP contribution in [0.3, 0.4) is 0 Å². The fraction of sp³-hybridized carbons (Fsp3) is 0.133.